The normalized spacial score (nSPS) is 13.2. The van der Waals surface area contributed by atoms with Gasteiger partial charge in [-0.05, 0) is 78.1 Å². The summed E-state index contributed by atoms with van der Waals surface area (Å²) in [4.78, 5) is 10.1. The zero-order valence-corrected chi connectivity index (χ0v) is 35.7. The van der Waals surface area contributed by atoms with Crippen LogP contribution >= 0.6 is 68.0 Å². The van der Waals surface area contributed by atoms with Crippen LogP contribution in [0.1, 0.15) is 88.8 Å². The first-order valence-corrected chi connectivity index (χ1v) is 24.3. The summed E-state index contributed by atoms with van der Waals surface area (Å²) in [6.45, 7) is 9.39. The van der Waals surface area contributed by atoms with Gasteiger partial charge < -0.3 is 0 Å². The standard InChI is InChI=1S/C46H48S6/c1-5-9-14-29(7-3)24-33-18-20-37(49-33)41-35-22-23-47-44(35)42(38-21-19-34(50-38)25-30(8-4)15-10-6-2)36-27-40(52-45(36)41)46-43-32(28-48-46)26-39(51-43)31-16-12-11-13-17-31/h11-13,16-23,26-30H,5-10,14-15,24-25H2,1-4H3. The lowest BCUT2D eigenvalue weighted by molar-refractivity contribution is 0.452. The molecule has 0 saturated carbocycles. The molecule has 0 N–H and O–H groups in total. The van der Waals surface area contributed by atoms with Crippen LogP contribution in [-0.4, -0.2) is 0 Å². The maximum atomic E-state index is 2.56. The lowest BCUT2D eigenvalue weighted by atomic mass is 9.95. The van der Waals surface area contributed by atoms with Gasteiger partial charge in [-0.25, -0.2) is 0 Å². The van der Waals surface area contributed by atoms with Crippen molar-refractivity contribution in [3.8, 4) is 41.1 Å². The molecule has 6 aromatic heterocycles. The minimum Gasteiger partial charge on any atom is -0.143 e. The summed E-state index contributed by atoms with van der Waals surface area (Å²) in [5.41, 5.74) is 4.22. The van der Waals surface area contributed by atoms with Crippen LogP contribution in [0.5, 0.6) is 0 Å². The van der Waals surface area contributed by atoms with Crippen LogP contribution in [0.4, 0.5) is 0 Å². The van der Waals surface area contributed by atoms with E-state index in [4.69, 9.17) is 0 Å². The number of fused-ring (bicyclic) bond motifs is 3. The van der Waals surface area contributed by atoms with Crippen LogP contribution in [0, 0.1) is 11.8 Å². The van der Waals surface area contributed by atoms with Gasteiger partial charge in [-0.3, -0.25) is 0 Å². The fourth-order valence-corrected chi connectivity index (χ4v) is 15.0. The molecule has 8 rings (SSSR count). The Morgan fingerprint density at radius 3 is 1.81 bits per heavy atom. The van der Waals surface area contributed by atoms with E-state index < -0.39 is 0 Å². The van der Waals surface area contributed by atoms with E-state index in [1.54, 1.807) is 9.75 Å². The maximum absolute atomic E-state index is 2.56. The maximum Gasteiger partial charge on any atom is 0.0621 e. The highest BCUT2D eigenvalue weighted by molar-refractivity contribution is 7.31. The van der Waals surface area contributed by atoms with Crippen molar-refractivity contribution in [2.75, 3.05) is 0 Å². The van der Waals surface area contributed by atoms with Crippen LogP contribution in [0.2, 0.25) is 0 Å². The van der Waals surface area contributed by atoms with Crippen LogP contribution in [0.15, 0.2) is 83.6 Å². The SMILES string of the molecule is CCCCC(CC)Cc1ccc(-c2c3cc(-c4scc5cc(-c6ccccc6)sc45)sc3c(-c3ccc(CC(CC)CCCC)s3)c3ccsc23)s1. The molecule has 2 aromatic carbocycles. The topological polar surface area (TPSA) is 0 Å². The molecule has 0 aliphatic heterocycles. The summed E-state index contributed by atoms with van der Waals surface area (Å²) in [7, 11) is 0. The van der Waals surface area contributed by atoms with Gasteiger partial charge >= 0.3 is 0 Å². The zero-order valence-electron chi connectivity index (χ0n) is 30.8. The van der Waals surface area contributed by atoms with E-state index in [0.717, 1.165) is 11.8 Å². The molecule has 0 amide bonds. The van der Waals surface area contributed by atoms with Crippen molar-refractivity contribution in [2.24, 2.45) is 11.8 Å². The fourth-order valence-electron chi connectivity index (χ4n) is 7.77. The van der Waals surface area contributed by atoms with Crippen molar-refractivity contribution >= 4 is 98.3 Å². The van der Waals surface area contributed by atoms with Gasteiger partial charge in [0, 0.05) is 71.3 Å². The second kappa shape index (κ2) is 16.4. The first-order chi connectivity index (χ1) is 25.6. The molecule has 0 bridgehead atoms. The highest BCUT2D eigenvalue weighted by Gasteiger charge is 2.24. The van der Waals surface area contributed by atoms with Crippen molar-refractivity contribution in [1.82, 2.24) is 0 Å². The monoisotopic (exact) mass is 792 g/mol. The second-order valence-corrected chi connectivity index (χ2v) is 20.6. The predicted molar refractivity (Wildman–Crippen MR) is 242 cm³/mol. The number of unbranched alkanes of at least 4 members (excludes halogenated alkanes) is 2. The van der Waals surface area contributed by atoms with E-state index in [1.165, 1.54) is 136 Å². The highest BCUT2D eigenvalue weighted by atomic mass is 32.1. The first-order valence-electron chi connectivity index (χ1n) is 19.3. The summed E-state index contributed by atoms with van der Waals surface area (Å²) >= 11 is 11.9. The van der Waals surface area contributed by atoms with Gasteiger partial charge in [0.05, 0.1) is 9.58 Å². The van der Waals surface area contributed by atoms with Gasteiger partial charge in [0.2, 0.25) is 0 Å². The molecule has 52 heavy (non-hydrogen) atoms. The number of thiophene rings is 6. The van der Waals surface area contributed by atoms with Crippen molar-refractivity contribution < 1.29 is 0 Å². The van der Waals surface area contributed by atoms with E-state index in [9.17, 15) is 0 Å². The third-order valence-electron chi connectivity index (χ3n) is 10.8. The molecule has 0 spiro atoms. The second-order valence-electron chi connectivity index (χ2n) is 14.4. The summed E-state index contributed by atoms with van der Waals surface area (Å²) < 4.78 is 4.32. The Hall–Kier alpha value is -2.58. The average molecular weight is 793 g/mol. The third kappa shape index (κ3) is 7.29. The Bertz CT molecular complexity index is 2280. The molecule has 0 nitrogen and oxygen atoms in total. The molecule has 0 fully saturated rings. The summed E-state index contributed by atoms with van der Waals surface area (Å²) in [5, 5.41) is 8.94. The van der Waals surface area contributed by atoms with Gasteiger partial charge in [0.25, 0.3) is 0 Å². The largest absolute Gasteiger partial charge is 0.143 e. The quantitative estimate of drug-likeness (QED) is 0.0914. The lowest BCUT2D eigenvalue weighted by Gasteiger charge is -2.13. The zero-order chi connectivity index (χ0) is 35.6. The number of hydrogen-bond donors (Lipinski definition) is 0. The summed E-state index contributed by atoms with van der Waals surface area (Å²) in [6.07, 6.45) is 12.9. The molecular formula is C46H48S6. The first kappa shape index (κ1) is 36.4. The Labute approximate surface area is 333 Å². The van der Waals surface area contributed by atoms with Crippen molar-refractivity contribution in [2.45, 2.75) is 91.9 Å². The molecule has 2 atom stereocenters. The number of rotatable bonds is 16. The van der Waals surface area contributed by atoms with Gasteiger partial charge in [-0.15, -0.1) is 68.0 Å². The Morgan fingerprint density at radius 2 is 1.17 bits per heavy atom. The number of hydrogen-bond acceptors (Lipinski definition) is 6. The average Bonchev–Trinajstić information content (AvgIpc) is 4.02. The molecule has 0 saturated heterocycles. The summed E-state index contributed by atoms with van der Waals surface area (Å²) in [6, 6.07) is 28.0. The molecule has 8 aromatic rings. The highest BCUT2D eigenvalue weighted by Crippen LogP contribution is 2.54. The Kier molecular flexibility index (Phi) is 11.5. The van der Waals surface area contributed by atoms with Crippen molar-refractivity contribution in [1.29, 1.82) is 0 Å². The lowest BCUT2D eigenvalue weighted by Crippen LogP contribution is -2.01. The molecule has 2 unspecified atom stereocenters. The van der Waals surface area contributed by atoms with Gasteiger partial charge in [0.15, 0.2) is 0 Å². The Morgan fingerprint density at radius 1 is 0.538 bits per heavy atom. The predicted octanol–water partition coefficient (Wildman–Crippen LogP) is 17.7. The van der Waals surface area contributed by atoms with Crippen LogP contribution < -0.4 is 0 Å². The van der Waals surface area contributed by atoms with E-state index in [2.05, 4.69) is 111 Å². The van der Waals surface area contributed by atoms with Crippen LogP contribution in [0.25, 0.3) is 71.3 Å². The molecule has 6 heteroatoms. The van der Waals surface area contributed by atoms with E-state index in [-0.39, 0.29) is 0 Å². The fraction of sp³-hybridized carbons (Fsp3) is 0.348. The van der Waals surface area contributed by atoms with Gasteiger partial charge in [0.1, 0.15) is 0 Å². The van der Waals surface area contributed by atoms with Crippen LogP contribution in [0.3, 0.4) is 0 Å². The van der Waals surface area contributed by atoms with E-state index >= 15 is 0 Å². The Balaban J connectivity index is 1.27. The minimum atomic E-state index is 0.776. The van der Waals surface area contributed by atoms with Gasteiger partial charge in [-0.1, -0.05) is 109 Å². The summed E-state index contributed by atoms with van der Waals surface area (Å²) in [5.74, 6) is 1.55. The molecule has 0 aliphatic rings. The molecule has 6 heterocycles. The van der Waals surface area contributed by atoms with Crippen molar-refractivity contribution in [3.63, 3.8) is 0 Å². The van der Waals surface area contributed by atoms with E-state index in [1.807, 2.05) is 68.0 Å². The molecule has 0 radical (unpaired) electrons. The van der Waals surface area contributed by atoms with Gasteiger partial charge in [-0.2, -0.15) is 0 Å². The van der Waals surface area contributed by atoms with Crippen molar-refractivity contribution in [3.05, 3.63) is 93.3 Å². The van der Waals surface area contributed by atoms with Crippen LogP contribution in [-0.2, 0) is 12.8 Å². The molecule has 0 aliphatic carbocycles. The smallest absolute Gasteiger partial charge is 0.0621 e. The third-order valence-corrected chi connectivity index (χ3v) is 17.7. The molecular weight excluding hydrogens is 745 g/mol. The molecule has 268 valence electrons. The number of benzene rings is 2. The van der Waals surface area contributed by atoms with E-state index in [0.29, 0.717) is 0 Å². The minimum absolute atomic E-state index is 0.776.